The summed E-state index contributed by atoms with van der Waals surface area (Å²) in [5.41, 5.74) is 9.70. The minimum absolute atomic E-state index is 0.00605. The van der Waals surface area contributed by atoms with E-state index in [0.717, 1.165) is 35.0 Å². The molecule has 2 heterocycles. The summed E-state index contributed by atoms with van der Waals surface area (Å²) >= 11 is 0. The predicted octanol–water partition coefficient (Wildman–Crippen LogP) is 11.6. The van der Waals surface area contributed by atoms with Crippen LogP contribution in [0, 0.1) is 0 Å². The van der Waals surface area contributed by atoms with E-state index >= 15 is 0 Å². The number of ether oxygens (including phenoxy) is 2. The molecule has 0 spiro atoms. The van der Waals surface area contributed by atoms with Crippen LogP contribution in [0.5, 0.6) is 11.5 Å². The Morgan fingerprint density at radius 3 is 2.00 bits per heavy atom. The van der Waals surface area contributed by atoms with E-state index in [1.807, 2.05) is 0 Å². The Morgan fingerprint density at radius 1 is 0.490 bits per heavy atom. The molecular formula is C46H35NO2. The Balaban J connectivity index is 1.13. The number of anilines is 3. The van der Waals surface area contributed by atoms with Crippen LogP contribution < -0.4 is 14.4 Å². The van der Waals surface area contributed by atoms with Crippen LogP contribution in [0.15, 0.2) is 170 Å². The van der Waals surface area contributed by atoms with E-state index in [1.165, 1.54) is 38.6 Å². The van der Waals surface area contributed by atoms with Crippen molar-refractivity contribution < 1.29 is 9.47 Å². The van der Waals surface area contributed by atoms with E-state index < -0.39 is 0 Å². The molecule has 4 unspecified atom stereocenters. The molecule has 0 N–H and O–H groups in total. The van der Waals surface area contributed by atoms with E-state index in [2.05, 4.69) is 175 Å². The van der Waals surface area contributed by atoms with Gasteiger partial charge in [0.05, 0.1) is 5.69 Å². The Labute approximate surface area is 287 Å². The van der Waals surface area contributed by atoms with Gasteiger partial charge in [-0.3, -0.25) is 0 Å². The third kappa shape index (κ3) is 4.64. The molecule has 236 valence electrons. The smallest absolute Gasteiger partial charge is 0.125 e. The highest BCUT2D eigenvalue weighted by atomic mass is 16.5. The van der Waals surface area contributed by atoms with Gasteiger partial charge < -0.3 is 14.4 Å². The summed E-state index contributed by atoms with van der Waals surface area (Å²) in [6, 6.07) is 61.1. The maximum Gasteiger partial charge on any atom is 0.125 e. The highest BCUT2D eigenvalue weighted by molar-refractivity contribution is 5.90. The van der Waals surface area contributed by atoms with Crippen molar-refractivity contribution in [1.82, 2.24) is 0 Å². The summed E-state index contributed by atoms with van der Waals surface area (Å²) in [5, 5.41) is 2.45. The third-order valence-corrected chi connectivity index (χ3v) is 10.9. The average molecular weight is 634 g/mol. The quantitative estimate of drug-likeness (QED) is 0.188. The number of fused-ring (bicyclic) bond motifs is 7. The van der Waals surface area contributed by atoms with Crippen LogP contribution in [0.3, 0.4) is 0 Å². The number of rotatable bonds is 5. The number of hydrogen-bond acceptors (Lipinski definition) is 3. The van der Waals surface area contributed by atoms with E-state index in [0.29, 0.717) is 0 Å². The average Bonchev–Trinajstić information content (AvgIpc) is 3.73. The van der Waals surface area contributed by atoms with Crippen LogP contribution in [-0.4, -0.2) is 12.2 Å². The van der Waals surface area contributed by atoms with Gasteiger partial charge in [0.1, 0.15) is 23.7 Å². The molecule has 1 saturated carbocycles. The van der Waals surface area contributed by atoms with E-state index in [9.17, 15) is 0 Å². The first-order chi connectivity index (χ1) is 24.3. The van der Waals surface area contributed by atoms with Gasteiger partial charge >= 0.3 is 0 Å². The third-order valence-electron chi connectivity index (χ3n) is 10.9. The second kappa shape index (κ2) is 11.4. The Kier molecular flexibility index (Phi) is 6.58. The zero-order valence-corrected chi connectivity index (χ0v) is 27.0. The zero-order chi connectivity index (χ0) is 32.3. The molecule has 0 radical (unpaired) electrons. The normalized spacial score (nSPS) is 21.5. The molecule has 10 rings (SSSR count). The summed E-state index contributed by atoms with van der Waals surface area (Å²) in [5.74, 6) is 2.56. The Morgan fingerprint density at radius 2 is 1.16 bits per heavy atom. The summed E-state index contributed by atoms with van der Waals surface area (Å²) in [7, 11) is 0. The van der Waals surface area contributed by atoms with E-state index in [4.69, 9.17) is 9.47 Å². The first-order valence-corrected chi connectivity index (χ1v) is 17.3. The lowest BCUT2D eigenvalue weighted by atomic mass is 9.65. The monoisotopic (exact) mass is 633 g/mol. The molecule has 1 fully saturated rings. The van der Waals surface area contributed by atoms with Gasteiger partial charge in [-0.15, -0.1) is 0 Å². The van der Waals surface area contributed by atoms with Gasteiger partial charge in [-0.1, -0.05) is 127 Å². The van der Waals surface area contributed by atoms with Gasteiger partial charge in [0.15, 0.2) is 0 Å². The van der Waals surface area contributed by atoms with E-state index in [-0.39, 0.29) is 30.0 Å². The van der Waals surface area contributed by atoms with Crippen LogP contribution in [-0.2, 0) is 0 Å². The Bertz CT molecular complexity index is 2300. The molecule has 0 bridgehead atoms. The van der Waals surface area contributed by atoms with Gasteiger partial charge in [0.2, 0.25) is 0 Å². The zero-order valence-electron chi connectivity index (χ0n) is 27.0. The molecule has 3 heteroatoms. The molecule has 0 amide bonds. The molecule has 0 saturated heterocycles. The van der Waals surface area contributed by atoms with E-state index in [1.54, 1.807) is 0 Å². The maximum atomic E-state index is 7.13. The highest BCUT2D eigenvalue weighted by Gasteiger charge is 2.55. The van der Waals surface area contributed by atoms with Crippen molar-refractivity contribution >= 4 is 27.8 Å². The van der Waals surface area contributed by atoms with Gasteiger partial charge in [-0.05, 0) is 76.3 Å². The first kappa shape index (κ1) is 28.2. The first-order valence-electron chi connectivity index (χ1n) is 17.3. The van der Waals surface area contributed by atoms with Crippen molar-refractivity contribution in [3.05, 3.63) is 187 Å². The minimum Gasteiger partial charge on any atom is -0.489 e. The maximum absolute atomic E-state index is 7.13. The van der Waals surface area contributed by atoms with Crippen molar-refractivity contribution in [2.45, 2.75) is 36.4 Å². The van der Waals surface area contributed by atoms with Crippen molar-refractivity contribution in [3.8, 4) is 22.6 Å². The molecule has 3 aliphatic rings. The van der Waals surface area contributed by atoms with Crippen molar-refractivity contribution in [1.29, 1.82) is 0 Å². The number of nitrogens with zero attached hydrogens (tertiary/aromatic N) is 1. The second-order valence-electron chi connectivity index (χ2n) is 13.5. The predicted molar refractivity (Wildman–Crippen MR) is 199 cm³/mol. The number of benzene rings is 7. The molecule has 2 aliphatic heterocycles. The summed E-state index contributed by atoms with van der Waals surface area (Å²) in [6.45, 7) is 0. The van der Waals surface area contributed by atoms with Crippen LogP contribution in [0.1, 0.15) is 40.9 Å². The molecule has 7 aromatic rings. The van der Waals surface area contributed by atoms with Gasteiger partial charge in [0, 0.05) is 40.3 Å². The van der Waals surface area contributed by atoms with Crippen LogP contribution in [0.25, 0.3) is 21.9 Å². The fraction of sp³-hybridized carbons (Fsp3) is 0.130. The SMILES string of the molecule is c1ccc(-c2ccc(N(c3ccc4ccccc4c3)c3cccc4c3C3CC5Oc6ccccc6C5[C@H](c5ccccc5)C3O4)cc2)cc1. The lowest BCUT2D eigenvalue weighted by molar-refractivity contribution is 0.0605. The minimum atomic E-state index is -0.00605. The Hall–Kier alpha value is -5.80. The number of para-hydroxylation sites is 1. The number of hydrogen-bond donors (Lipinski definition) is 0. The van der Waals surface area contributed by atoms with Crippen LogP contribution >= 0.6 is 0 Å². The summed E-state index contributed by atoms with van der Waals surface area (Å²) < 4.78 is 13.9. The molecule has 7 aromatic carbocycles. The fourth-order valence-electron chi connectivity index (χ4n) is 8.79. The molecule has 0 aromatic heterocycles. The second-order valence-corrected chi connectivity index (χ2v) is 13.5. The molecular weight excluding hydrogens is 599 g/mol. The molecule has 3 nitrogen and oxygen atoms in total. The summed E-state index contributed by atoms with van der Waals surface area (Å²) in [6.07, 6.45) is 0.967. The van der Waals surface area contributed by atoms with Gasteiger partial charge in [0.25, 0.3) is 0 Å². The molecule has 5 atom stereocenters. The largest absolute Gasteiger partial charge is 0.489 e. The standard InChI is InChI=1S/C46H35NO2/c1-3-12-30(13-4-1)32-22-25-35(26-23-32)47(36-27-24-31-14-7-8-17-34(31)28-36)39-19-11-21-41-44(39)38-29-42-45(37-18-9-10-20-40(37)48-42)43(46(38)49-41)33-15-5-2-6-16-33/h1-28,38,42-43,45-46H,29H2/t38?,42?,43-,45?,46?/m0/s1. The van der Waals surface area contributed by atoms with Gasteiger partial charge in [-0.2, -0.15) is 0 Å². The van der Waals surface area contributed by atoms with Crippen LogP contribution in [0.4, 0.5) is 17.1 Å². The lowest BCUT2D eigenvalue weighted by Crippen LogP contribution is -2.42. The summed E-state index contributed by atoms with van der Waals surface area (Å²) in [4.78, 5) is 2.43. The van der Waals surface area contributed by atoms with Crippen molar-refractivity contribution in [2.24, 2.45) is 0 Å². The molecule has 1 aliphatic carbocycles. The fourth-order valence-corrected chi connectivity index (χ4v) is 8.79. The molecule has 49 heavy (non-hydrogen) atoms. The van der Waals surface area contributed by atoms with Crippen molar-refractivity contribution in [2.75, 3.05) is 4.90 Å². The van der Waals surface area contributed by atoms with Crippen molar-refractivity contribution in [3.63, 3.8) is 0 Å². The lowest BCUT2D eigenvalue weighted by Gasteiger charge is -2.41. The van der Waals surface area contributed by atoms with Gasteiger partial charge in [-0.25, -0.2) is 0 Å². The van der Waals surface area contributed by atoms with Crippen LogP contribution in [0.2, 0.25) is 0 Å². The highest BCUT2D eigenvalue weighted by Crippen LogP contribution is 2.61. The topological polar surface area (TPSA) is 21.7 Å².